The average molecular weight is 399 g/mol. The molecule has 1 aliphatic heterocycles. The van der Waals surface area contributed by atoms with Gasteiger partial charge in [-0.15, -0.1) is 0 Å². The van der Waals surface area contributed by atoms with Crippen molar-refractivity contribution in [3.63, 3.8) is 0 Å². The van der Waals surface area contributed by atoms with Crippen LogP contribution in [0.3, 0.4) is 0 Å². The molecule has 2 aromatic carbocycles. The molecule has 0 unspecified atom stereocenters. The number of nitrogens with zero attached hydrogens (tertiary/aromatic N) is 1. The summed E-state index contributed by atoms with van der Waals surface area (Å²) < 4.78 is 6.14. The second-order valence-corrected chi connectivity index (χ2v) is 7.55. The lowest BCUT2D eigenvalue weighted by molar-refractivity contribution is -0.144. The second kappa shape index (κ2) is 8.37. The maximum atomic E-state index is 12.6. The average Bonchev–Trinajstić information content (AvgIpc) is 2.94. The third-order valence-electron chi connectivity index (χ3n) is 4.01. The largest absolute Gasteiger partial charge is 0.488 e. The van der Waals surface area contributed by atoms with E-state index < -0.39 is 17.9 Å². The Kier molecular flexibility index (Phi) is 5.93. The Morgan fingerprint density at radius 1 is 1.22 bits per heavy atom. The third-order valence-corrected chi connectivity index (χ3v) is 5.34. The zero-order chi connectivity index (χ0) is 19.4. The molecule has 5 nitrogen and oxygen atoms in total. The van der Waals surface area contributed by atoms with E-state index in [0.717, 1.165) is 27.8 Å². The number of thiocarbonyl (C=S) groups is 1. The molecule has 1 saturated heterocycles. The first-order valence-corrected chi connectivity index (χ1v) is 9.45. The quantitative estimate of drug-likeness (QED) is 0.586. The third kappa shape index (κ3) is 4.37. The number of ether oxygens (including phenoxy) is 1. The highest BCUT2D eigenvalue weighted by atomic mass is 32.2. The fraction of sp³-hybridized carbons (Fsp3) is 0.150. The van der Waals surface area contributed by atoms with Gasteiger partial charge >= 0.3 is 5.97 Å². The molecule has 0 saturated carbocycles. The van der Waals surface area contributed by atoms with E-state index >= 15 is 0 Å². The van der Waals surface area contributed by atoms with Gasteiger partial charge in [-0.05, 0) is 24.6 Å². The molecule has 7 heteroatoms. The van der Waals surface area contributed by atoms with Gasteiger partial charge < -0.3 is 9.84 Å². The molecule has 3 rings (SSSR count). The molecule has 1 amide bonds. The smallest absolute Gasteiger partial charge is 0.326 e. The lowest BCUT2D eigenvalue weighted by Crippen LogP contribution is -2.41. The Morgan fingerprint density at radius 3 is 2.59 bits per heavy atom. The lowest BCUT2D eigenvalue weighted by atomic mass is 10.1. The second-order valence-electron chi connectivity index (χ2n) is 5.88. The topological polar surface area (TPSA) is 66.8 Å². The van der Waals surface area contributed by atoms with Crippen molar-refractivity contribution in [1.82, 2.24) is 4.90 Å². The number of para-hydroxylation sites is 1. The van der Waals surface area contributed by atoms with Crippen LogP contribution in [0.4, 0.5) is 0 Å². The normalized spacial score (nSPS) is 16.6. The molecule has 1 fully saturated rings. The van der Waals surface area contributed by atoms with Crippen LogP contribution in [0.25, 0.3) is 6.08 Å². The van der Waals surface area contributed by atoms with Gasteiger partial charge in [0.15, 0.2) is 0 Å². The van der Waals surface area contributed by atoms with Crippen molar-refractivity contribution in [3.8, 4) is 5.75 Å². The number of aliphatic carboxylic acids is 1. The van der Waals surface area contributed by atoms with Crippen LogP contribution >= 0.6 is 24.0 Å². The molecule has 0 spiro atoms. The highest BCUT2D eigenvalue weighted by molar-refractivity contribution is 8.26. The molecule has 27 heavy (non-hydrogen) atoms. The summed E-state index contributed by atoms with van der Waals surface area (Å²) in [6.45, 7) is 1.84. The minimum absolute atomic E-state index is 0.240. The number of carbonyl (C=O) groups excluding carboxylic acids is 1. The first-order chi connectivity index (χ1) is 13.0. The molecule has 0 radical (unpaired) electrons. The summed E-state index contributed by atoms with van der Waals surface area (Å²) >= 11 is 6.28. The predicted molar refractivity (Wildman–Crippen MR) is 109 cm³/mol. The van der Waals surface area contributed by atoms with E-state index in [2.05, 4.69) is 0 Å². The molecule has 0 aliphatic carbocycles. The van der Waals surface area contributed by atoms with E-state index in [1.165, 1.54) is 6.92 Å². The Labute approximate surface area is 166 Å². The van der Waals surface area contributed by atoms with Gasteiger partial charge in [-0.25, -0.2) is 4.79 Å². The van der Waals surface area contributed by atoms with Gasteiger partial charge in [0.05, 0.1) is 4.91 Å². The Hall–Kier alpha value is -2.64. The minimum atomic E-state index is -1.10. The number of hydrogen-bond donors (Lipinski definition) is 1. The summed E-state index contributed by atoms with van der Waals surface area (Å²) in [5.41, 5.74) is 1.77. The first-order valence-electron chi connectivity index (χ1n) is 8.23. The SMILES string of the molecule is C[C@H](C(=O)O)N1C(=O)/C(=C/c2ccccc2OCc2ccccc2)SC1=S. The van der Waals surface area contributed by atoms with E-state index in [-0.39, 0.29) is 4.32 Å². The molecular weight excluding hydrogens is 382 g/mol. The standard InChI is InChI=1S/C20H17NO4S2/c1-13(19(23)24)21-18(22)17(27-20(21)26)11-15-9-5-6-10-16(15)25-12-14-7-3-2-4-8-14/h2-11,13H,12H2,1H3,(H,23,24)/b17-11-/t13-/m1/s1. The first kappa shape index (κ1) is 19.1. The van der Waals surface area contributed by atoms with Crippen molar-refractivity contribution in [3.05, 3.63) is 70.6 Å². The van der Waals surface area contributed by atoms with Crippen LogP contribution < -0.4 is 4.74 Å². The van der Waals surface area contributed by atoms with Gasteiger partial charge in [0.2, 0.25) is 0 Å². The maximum Gasteiger partial charge on any atom is 0.326 e. The molecule has 1 heterocycles. The molecule has 0 bridgehead atoms. The van der Waals surface area contributed by atoms with Crippen molar-refractivity contribution >= 4 is 46.3 Å². The summed E-state index contributed by atoms with van der Waals surface area (Å²) in [5, 5.41) is 9.17. The van der Waals surface area contributed by atoms with Crippen molar-refractivity contribution in [2.45, 2.75) is 19.6 Å². The number of carbonyl (C=O) groups is 2. The van der Waals surface area contributed by atoms with Gasteiger partial charge in [-0.2, -0.15) is 0 Å². The van der Waals surface area contributed by atoms with Crippen LogP contribution in [0, 0.1) is 0 Å². The van der Waals surface area contributed by atoms with Gasteiger partial charge in [-0.3, -0.25) is 9.69 Å². The monoisotopic (exact) mass is 399 g/mol. The fourth-order valence-corrected chi connectivity index (χ4v) is 3.94. The number of thioether (sulfide) groups is 1. The number of carboxylic acid groups (broad SMARTS) is 1. The molecule has 1 N–H and O–H groups in total. The summed E-state index contributed by atoms with van der Waals surface area (Å²) in [6.07, 6.45) is 1.69. The van der Waals surface area contributed by atoms with E-state index in [1.807, 2.05) is 54.6 Å². The Bertz CT molecular complexity index is 911. The minimum Gasteiger partial charge on any atom is -0.488 e. The van der Waals surface area contributed by atoms with E-state index in [0.29, 0.717) is 17.3 Å². The Morgan fingerprint density at radius 2 is 1.89 bits per heavy atom. The van der Waals surface area contributed by atoms with E-state index in [4.69, 9.17) is 17.0 Å². The van der Waals surface area contributed by atoms with Crippen molar-refractivity contribution in [1.29, 1.82) is 0 Å². The highest BCUT2D eigenvalue weighted by Gasteiger charge is 2.38. The van der Waals surface area contributed by atoms with E-state index in [9.17, 15) is 14.7 Å². The van der Waals surface area contributed by atoms with Crippen molar-refractivity contribution < 1.29 is 19.4 Å². The van der Waals surface area contributed by atoms with Gasteiger partial charge in [-0.1, -0.05) is 72.5 Å². The van der Waals surface area contributed by atoms with Gasteiger partial charge in [0.25, 0.3) is 5.91 Å². The van der Waals surface area contributed by atoms with E-state index in [1.54, 1.807) is 6.08 Å². The fourth-order valence-electron chi connectivity index (χ4n) is 2.53. The van der Waals surface area contributed by atoms with Crippen LogP contribution in [-0.4, -0.2) is 32.2 Å². The summed E-state index contributed by atoms with van der Waals surface area (Å²) in [6, 6.07) is 16.1. The summed E-state index contributed by atoms with van der Waals surface area (Å²) in [7, 11) is 0. The molecule has 0 aromatic heterocycles. The number of carboxylic acids is 1. The molecule has 1 atom stereocenters. The van der Waals surface area contributed by atoms with Crippen LogP contribution in [0.1, 0.15) is 18.1 Å². The molecule has 2 aromatic rings. The van der Waals surface area contributed by atoms with Gasteiger partial charge in [0, 0.05) is 5.56 Å². The Balaban J connectivity index is 1.82. The maximum absolute atomic E-state index is 12.6. The van der Waals surface area contributed by atoms with Crippen molar-refractivity contribution in [2.75, 3.05) is 0 Å². The molecular formula is C20H17NO4S2. The van der Waals surface area contributed by atoms with Crippen LogP contribution in [0.15, 0.2) is 59.5 Å². The van der Waals surface area contributed by atoms with Crippen LogP contribution in [0.5, 0.6) is 5.75 Å². The van der Waals surface area contributed by atoms with Crippen LogP contribution in [0.2, 0.25) is 0 Å². The number of amides is 1. The molecule has 138 valence electrons. The zero-order valence-corrected chi connectivity index (χ0v) is 16.1. The van der Waals surface area contributed by atoms with Crippen molar-refractivity contribution in [2.24, 2.45) is 0 Å². The summed E-state index contributed by atoms with van der Waals surface area (Å²) in [4.78, 5) is 25.3. The highest BCUT2D eigenvalue weighted by Crippen LogP contribution is 2.35. The lowest BCUT2D eigenvalue weighted by Gasteiger charge is -2.18. The number of rotatable bonds is 6. The number of benzene rings is 2. The summed E-state index contributed by atoms with van der Waals surface area (Å²) in [5.74, 6) is -0.866. The van der Waals surface area contributed by atoms with Gasteiger partial charge in [0.1, 0.15) is 22.7 Å². The zero-order valence-electron chi connectivity index (χ0n) is 14.5. The van der Waals surface area contributed by atoms with Crippen LogP contribution in [-0.2, 0) is 16.2 Å². The predicted octanol–water partition coefficient (Wildman–Crippen LogP) is 3.94. The molecule has 1 aliphatic rings. The number of hydrogen-bond acceptors (Lipinski definition) is 5.